The Hall–Kier alpha value is -2.28. The molecule has 1 spiro atoms. The quantitative estimate of drug-likeness (QED) is 0.494. The van der Waals surface area contributed by atoms with E-state index in [-0.39, 0.29) is 5.60 Å². The molecule has 7 nitrogen and oxygen atoms in total. The predicted molar refractivity (Wildman–Crippen MR) is 144 cm³/mol. The second kappa shape index (κ2) is 9.79. The molecule has 202 valence electrons. The van der Waals surface area contributed by atoms with E-state index in [0.717, 1.165) is 77.0 Å². The first-order chi connectivity index (χ1) is 17.9. The molecule has 0 atom stereocenters. The van der Waals surface area contributed by atoms with E-state index in [9.17, 15) is 9.90 Å². The summed E-state index contributed by atoms with van der Waals surface area (Å²) in [4.78, 5) is 22.6. The number of hydrogen-bond donors (Lipinski definition) is 1. The van der Waals surface area contributed by atoms with Crippen molar-refractivity contribution in [1.29, 1.82) is 0 Å². The maximum absolute atomic E-state index is 11.5. The highest BCUT2D eigenvalue weighted by Gasteiger charge is 2.50. The first kappa shape index (κ1) is 25.0. The summed E-state index contributed by atoms with van der Waals surface area (Å²) >= 11 is 0. The zero-order valence-corrected chi connectivity index (χ0v) is 22.6. The van der Waals surface area contributed by atoms with Crippen LogP contribution in [0.3, 0.4) is 0 Å². The van der Waals surface area contributed by atoms with Crippen LogP contribution in [0, 0.1) is 11.3 Å². The van der Waals surface area contributed by atoms with E-state index in [1.54, 1.807) is 7.11 Å². The van der Waals surface area contributed by atoms with Crippen molar-refractivity contribution in [2.24, 2.45) is 16.5 Å². The standard InChI is InChI=1S/C30H43N3O4/c1-29(28(34)35)10-8-21(9-11-29)14-24-17-30(37-31-24)19-32(20-30)18-23-15-25(22-6-7-22)26(16-27(23)36-2)33-12-4-3-5-13-33/h15-16,21-22H,3-14,17-20H2,1-2H3,(H,34,35). The Morgan fingerprint density at radius 1 is 1.14 bits per heavy atom. The Morgan fingerprint density at radius 3 is 2.51 bits per heavy atom. The van der Waals surface area contributed by atoms with Gasteiger partial charge in [-0.05, 0) is 94.6 Å². The number of aliphatic carboxylic acids is 1. The fourth-order valence-corrected chi connectivity index (χ4v) is 7.14. The summed E-state index contributed by atoms with van der Waals surface area (Å²) in [6, 6.07) is 4.76. The predicted octanol–water partition coefficient (Wildman–Crippen LogP) is 5.56. The molecule has 3 heterocycles. The Bertz CT molecular complexity index is 1050. The summed E-state index contributed by atoms with van der Waals surface area (Å²) in [6.07, 6.45) is 11.9. The van der Waals surface area contributed by atoms with Gasteiger partial charge in [0.05, 0.1) is 18.2 Å². The maximum atomic E-state index is 11.5. The van der Waals surface area contributed by atoms with Gasteiger partial charge in [0.25, 0.3) is 0 Å². The molecule has 2 saturated carbocycles. The number of ether oxygens (including phenoxy) is 1. The maximum Gasteiger partial charge on any atom is 0.309 e. The summed E-state index contributed by atoms with van der Waals surface area (Å²) in [5.74, 6) is 1.61. The lowest BCUT2D eigenvalue weighted by Crippen LogP contribution is -2.61. The highest BCUT2D eigenvalue weighted by molar-refractivity contribution is 5.86. The van der Waals surface area contributed by atoms with Crippen LogP contribution in [0.2, 0.25) is 0 Å². The molecule has 2 aliphatic carbocycles. The van der Waals surface area contributed by atoms with Crippen LogP contribution in [0.4, 0.5) is 5.69 Å². The van der Waals surface area contributed by atoms with E-state index in [1.165, 1.54) is 54.6 Å². The van der Waals surface area contributed by atoms with Crippen LogP contribution in [0.15, 0.2) is 17.3 Å². The molecular weight excluding hydrogens is 466 g/mol. The second-order valence-electron chi connectivity index (χ2n) is 12.8. The van der Waals surface area contributed by atoms with Gasteiger partial charge in [0.2, 0.25) is 0 Å². The largest absolute Gasteiger partial charge is 0.496 e. The van der Waals surface area contributed by atoms with E-state index in [1.807, 2.05) is 6.92 Å². The summed E-state index contributed by atoms with van der Waals surface area (Å²) < 4.78 is 5.91. The lowest BCUT2D eigenvalue weighted by molar-refractivity contribution is -0.150. The summed E-state index contributed by atoms with van der Waals surface area (Å²) in [6.45, 7) is 6.91. The first-order valence-corrected chi connectivity index (χ1v) is 14.5. The van der Waals surface area contributed by atoms with E-state index in [2.05, 4.69) is 27.1 Å². The number of likely N-dealkylation sites (tertiary alicyclic amines) is 1. The van der Waals surface area contributed by atoms with Crippen molar-refractivity contribution < 1.29 is 19.5 Å². The van der Waals surface area contributed by atoms with Gasteiger partial charge in [0.1, 0.15) is 5.75 Å². The molecule has 0 bridgehead atoms. The van der Waals surface area contributed by atoms with E-state index >= 15 is 0 Å². The van der Waals surface area contributed by atoms with Crippen molar-refractivity contribution in [3.05, 3.63) is 23.3 Å². The van der Waals surface area contributed by atoms with E-state index < -0.39 is 11.4 Å². The van der Waals surface area contributed by atoms with Crippen LogP contribution in [0.25, 0.3) is 0 Å². The Morgan fingerprint density at radius 2 is 1.86 bits per heavy atom. The molecule has 0 aromatic heterocycles. The minimum atomic E-state index is -0.650. The Kier molecular flexibility index (Phi) is 6.62. The molecule has 0 radical (unpaired) electrons. The zero-order valence-electron chi connectivity index (χ0n) is 22.6. The Balaban J connectivity index is 1.05. The molecule has 2 saturated heterocycles. The van der Waals surface area contributed by atoms with Crippen molar-refractivity contribution in [1.82, 2.24) is 4.90 Å². The fourth-order valence-electron chi connectivity index (χ4n) is 7.14. The molecule has 1 aromatic rings. The van der Waals surface area contributed by atoms with Crippen LogP contribution in [-0.2, 0) is 16.2 Å². The monoisotopic (exact) mass is 509 g/mol. The molecule has 6 rings (SSSR count). The van der Waals surface area contributed by atoms with Crippen LogP contribution >= 0.6 is 0 Å². The van der Waals surface area contributed by atoms with Crippen molar-refractivity contribution in [3.8, 4) is 5.75 Å². The average Bonchev–Trinajstić information content (AvgIpc) is 3.65. The van der Waals surface area contributed by atoms with Gasteiger partial charge in [-0.1, -0.05) is 5.16 Å². The molecule has 0 unspecified atom stereocenters. The minimum absolute atomic E-state index is 0.167. The molecular formula is C30H43N3O4. The molecule has 4 fully saturated rings. The SMILES string of the molecule is COc1cc(N2CCCCC2)c(C2CC2)cc1CN1CC2(CC(CC3CCC(C)(C(=O)O)CC3)=NO2)C1. The number of nitrogens with zero attached hydrogens (tertiary/aromatic N) is 3. The normalized spacial score (nSPS) is 29.5. The van der Waals surface area contributed by atoms with Gasteiger partial charge in [-0.3, -0.25) is 9.69 Å². The molecule has 7 heteroatoms. The number of piperidine rings is 1. The van der Waals surface area contributed by atoms with Crippen LogP contribution in [-0.4, -0.2) is 60.6 Å². The zero-order chi connectivity index (χ0) is 25.6. The highest BCUT2D eigenvalue weighted by atomic mass is 16.7. The number of rotatable bonds is 8. The number of carbonyl (C=O) groups is 1. The van der Waals surface area contributed by atoms with Crippen molar-refractivity contribution in [2.75, 3.05) is 38.2 Å². The van der Waals surface area contributed by atoms with Crippen molar-refractivity contribution in [3.63, 3.8) is 0 Å². The number of benzene rings is 1. The fraction of sp³-hybridized carbons (Fsp3) is 0.733. The second-order valence-corrected chi connectivity index (χ2v) is 12.8. The van der Waals surface area contributed by atoms with Crippen LogP contribution in [0.5, 0.6) is 5.75 Å². The third-order valence-corrected chi connectivity index (χ3v) is 9.71. The summed E-state index contributed by atoms with van der Waals surface area (Å²) in [5, 5.41) is 14.0. The van der Waals surface area contributed by atoms with Gasteiger partial charge in [-0.25, -0.2) is 0 Å². The topological polar surface area (TPSA) is 74.6 Å². The third-order valence-electron chi connectivity index (χ3n) is 9.71. The summed E-state index contributed by atoms with van der Waals surface area (Å²) in [5.41, 5.74) is 4.69. The van der Waals surface area contributed by atoms with Crippen molar-refractivity contribution >= 4 is 17.4 Å². The van der Waals surface area contributed by atoms with Gasteiger partial charge in [0, 0.05) is 56.5 Å². The minimum Gasteiger partial charge on any atom is -0.496 e. The number of oxime groups is 1. The first-order valence-electron chi connectivity index (χ1n) is 14.5. The number of carboxylic acids is 1. The molecule has 1 N–H and O–H groups in total. The van der Waals surface area contributed by atoms with E-state index in [0.29, 0.717) is 11.8 Å². The number of methoxy groups -OCH3 is 1. The van der Waals surface area contributed by atoms with Gasteiger partial charge < -0.3 is 19.6 Å². The van der Waals surface area contributed by atoms with Crippen LogP contribution < -0.4 is 9.64 Å². The molecule has 1 aromatic carbocycles. The van der Waals surface area contributed by atoms with Gasteiger partial charge in [-0.2, -0.15) is 0 Å². The van der Waals surface area contributed by atoms with Gasteiger partial charge in [-0.15, -0.1) is 0 Å². The number of anilines is 1. The number of carboxylic acid groups (broad SMARTS) is 1. The van der Waals surface area contributed by atoms with E-state index in [4.69, 9.17) is 9.57 Å². The molecule has 3 aliphatic heterocycles. The molecule has 37 heavy (non-hydrogen) atoms. The molecule has 0 amide bonds. The summed E-state index contributed by atoms with van der Waals surface area (Å²) in [7, 11) is 1.80. The van der Waals surface area contributed by atoms with Crippen molar-refractivity contribution in [2.45, 2.75) is 95.6 Å². The average molecular weight is 510 g/mol. The third kappa shape index (κ3) is 5.08. The lowest BCUT2D eigenvalue weighted by atomic mass is 9.70. The smallest absolute Gasteiger partial charge is 0.309 e. The van der Waals surface area contributed by atoms with Gasteiger partial charge in [0.15, 0.2) is 5.60 Å². The van der Waals surface area contributed by atoms with Gasteiger partial charge >= 0.3 is 5.97 Å². The lowest BCUT2D eigenvalue weighted by Gasteiger charge is -2.45. The number of hydrogen-bond acceptors (Lipinski definition) is 6. The Labute approximate surface area is 221 Å². The molecule has 5 aliphatic rings. The highest BCUT2D eigenvalue weighted by Crippen LogP contribution is 2.48. The van der Waals surface area contributed by atoms with Crippen LogP contribution in [0.1, 0.15) is 94.6 Å².